The molecule has 4 aromatic rings. The third-order valence-corrected chi connectivity index (χ3v) is 4.54. The SMILES string of the molecule is CC(C)Oc1ncnc2c1nc(-c1ccccc1Cl)n2-c1ccc(Cl)cc1. The van der Waals surface area contributed by atoms with Crippen LogP contribution in [0.5, 0.6) is 5.88 Å². The Kier molecular flexibility index (Phi) is 4.72. The first-order valence-electron chi connectivity index (χ1n) is 8.45. The third-order valence-electron chi connectivity index (χ3n) is 3.96. The Morgan fingerprint density at radius 1 is 0.963 bits per heavy atom. The van der Waals surface area contributed by atoms with E-state index in [4.69, 9.17) is 32.9 Å². The van der Waals surface area contributed by atoms with Gasteiger partial charge in [-0.1, -0.05) is 35.3 Å². The molecule has 0 spiro atoms. The van der Waals surface area contributed by atoms with Gasteiger partial charge in [0.1, 0.15) is 12.2 Å². The molecule has 0 unspecified atom stereocenters. The minimum Gasteiger partial charge on any atom is -0.473 e. The molecule has 5 nitrogen and oxygen atoms in total. The molecular formula is C20H16Cl2N4O. The maximum atomic E-state index is 6.45. The van der Waals surface area contributed by atoms with Gasteiger partial charge in [0.05, 0.1) is 11.1 Å². The number of benzene rings is 2. The first-order valence-corrected chi connectivity index (χ1v) is 9.21. The van der Waals surface area contributed by atoms with Crippen LogP contribution in [0.15, 0.2) is 54.9 Å². The lowest BCUT2D eigenvalue weighted by atomic mass is 10.2. The third kappa shape index (κ3) is 3.36. The highest BCUT2D eigenvalue weighted by Gasteiger charge is 2.21. The summed E-state index contributed by atoms with van der Waals surface area (Å²) in [7, 11) is 0. The van der Waals surface area contributed by atoms with Crippen molar-refractivity contribution in [3.8, 4) is 23.0 Å². The maximum absolute atomic E-state index is 6.45. The molecule has 4 rings (SSSR count). The van der Waals surface area contributed by atoms with E-state index in [1.54, 1.807) is 0 Å². The number of ether oxygens (including phenoxy) is 1. The summed E-state index contributed by atoms with van der Waals surface area (Å²) in [6, 6.07) is 15.0. The van der Waals surface area contributed by atoms with Crippen molar-refractivity contribution in [1.82, 2.24) is 19.5 Å². The van der Waals surface area contributed by atoms with Gasteiger partial charge in [-0.25, -0.2) is 9.97 Å². The molecule has 0 atom stereocenters. The van der Waals surface area contributed by atoms with Gasteiger partial charge >= 0.3 is 0 Å². The zero-order chi connectivity index (χ0) is 19.0. The Hall–Kier alpha value is -2.63. The summed E-state index contributed by atoms with van der Waals surface area (Å²) in [6.45, 7) is 3.89. The molecule has 0 aliphatic rings. The Balaban J connectivity index is 2.04. The molecule has 0 radical (unpaired) electrons. The summed E-state index contributed by atoms with van der Waals surface area (Å²) in [5.41, 5.74) is 2.88. The molecule has 7 heteroatoms. The summed E-state index contributed by atoms with van der Waals surface area (Å²) in [4.78, 5) is 13.5. The van der Waals surface area contributed by atoms with Crippen LogP contribution in [0.3, 0.4) is 0 Å². The predicted octanol–water partition coefficient (Wildman–Crippen LogP) is 5.58. The monoisotopic (exact) mass is 398 g/mol. The van der Waals surface area contributed by atoms with Gasteiger partial charge in [-0.3, -0.25) is 4.57 Å². The van der Waals surface area contributed by atoms with Gasteiger partial charge in [-0.2, -0.15) is 4.98 Å². The number of hydrogen-bond donors (Lipinski definition) is 0. The van der Waals surface area contributed by atoms with Crippen LogP contribution in [-0.4, -0.2) is 25.6 Å². The molecule has 136 valence electrons. The Morgan fingerprint density at radius 2 is 1.70 bits per heavy atom. The van der Waals surface area contributed by atoms with E-state index in [0.29, 0.717) is 32.9 Å². The Labute approximate surface area is 166 Å². The second kappa shape index (κ2) is 7.18. The zero-order valence-electron chi connectivity index (χ0n) is 14.7. The molecule has 0 aliphatic carbocycles. The van der Waals surface area contributed by atoms with Gasteiger partial charge in [-0.15, -0.1) is 0 Å². The molecule has 2 aromatic heterocycles. The van der Waals surface area contributed by atoms with Crippen molar-refractivity contribution in [3.63, 3.8) is 0 Å². The van der Waals surface area contributed by atoms with Crippen LogP contribution < -0.4 is 4.74 Å². The quantitative estimate of drug-likeness (QED) is 0.450. The molecule has 0 saturated carbocycles. The largest absolute Gasteiger partial charge is 0.473 e. The van der Waals surface area contributed by atoms with Gasteiger partial charge in [0.25, 0.3) is 0 Å². The summed E-state index contributed by atoms with van der Waals surface area (Å²) < 4.78 is 7.77. The van der Waals surface area contributed by atoms with E-state index in [2.05, 4.69) is 9.97 Å². The second-order valence-electron chi connectivity index (χ2n) is 6.24. The van der Waals surface area contributed by atoms with E-state index >= 15 is 0 Å². The molecule has 0 saturated heterocycles. The van der Waals surface area contributed by atoms with Gasteiger partial charge in [0.15, 0.2) is 11.2 Å². The standard InChI is InChI=1S/C20H16Cl2N4O/c1-12(2)27-20-17-19(23-11-24-20)26(14-9-7-13(21)8-10-14)18(25-17)15-5-3-4-6-16(15)22/h3-12H,1-2H3. The van der Waals surface area contributed by atoms with Crippen molar-refractivity contribution in [3.05, 3.63) is 64.9 Å². The van der Waals surface area contributed by atoms with Crippen LogP contribution in [-0.2, 0) is 0 Å². The van der Waals surface area contributed by atoms with Crippen molar-refractivity contribution in [1.29, 1.82) is 0 Å². The topological polar surface area (TPSA) is 52.8 Å². The summed E-state index contributed by atoms with van der Waals surface area (Å²) in [5.74, 6) is 1.10. The molecule has 0 bridgehead atoms. The molecule has 27 heavy (non-hydrogen) atoms. The van der Waals surface area contributed by atoms with E-state index in [-0.39, 0.29) is 6.10 Å². The van der Waals surface area contributed by atoms with Crippen LogP contribution in [0.2, 0.25) is 10.0 Å². The number of imidazole rings is 1. The molecule has 0 N–H and O–H groups in total. The van der Waals surface area contributed by atoms with Crippen LogP contribution in [0.1, 0.15) is 13.8 Å². The van der Waals surface area contributed by atoms with Crippen molar-refractivity contribution in [2.24, 2.45) is 0 Å². The van der Waals surface area contributed by atoms with Crippen LogP contribution >= 0.6 is 23.2 Å². The fourth-order valence-corrected chi connectivity index (χ4v) is 3.19. The number of aromatic nitrogens is 4. The minimum atomic E-state index is -0.0347. The van der Waals surface area contributed by atoms with E-state index < -0.39 is 0 Å². The average Bonchev–Trinajstić information content (AvgIpc) is 3.03. The van der Waals surface area contributed by atoms with Crippen LogP contribution in [0, 0.1) is 0 Å². The number of hydrogen-bond acceptors (Lipinski definition) is 4. The highest BCUT2D eigenvalue weighted by Crippen LogP contribution is 2.34. The maximum Gasteiger partial charge on any atom is 0.245 e. The van der Waals surface area contributed by atoms with Gasteiger partial charge in [0, 0.05) is 16.3 Å². The highest BCUT2D eigenvalue weighted by molar-refractivity contribution is 6.33. The van der Waals surface area contributed by atoms with Gasteiger partial charge in [-0.05, 0) is 50.2 Å². The van der Waals surface area contributed by atoms with Crippen molar-refractivity contribution >= 4 is 34.4 Å². The predicted molar refractivity (Wildman–Crippen MR) is 108 cm³/mol. The van der Waals surface area contributed by atoms with Gasteiger partial charge in [0.2, 0.25) is 5.88 Å². The van der Waals surface area contributed by atoms with Crippen molar-refractivity contribution in [2.45, 2.75) is 20.0 Å². The number of rotatable bonds is 4. The molecule has 0 aliphatic heterocycles. The minimum absolute atomic E-state index is 0.0347. The number of nitrogens with zero attached hydrogens (tertiary/aromatic N) is 4. The summed E-state index contributed by atoms with van der Waals surface area (Å²) in [6.07, 6.45) is 1.44. The number of fused-ring (bicyclic) bond motifs is 1. The van der Waals surface area contributed by atoms with Gasteiger partial charge < -0.3 is 4.74 Å². The fraction of sp³-hybridized carbons (Fsp3) is 0.150. The smallest absolute Gasteiger partial charge is 0.245 e. The van der Waals surface area contributed by atoms with Crippen LogP contribution in [0.4, 0.5) is 0 Å². The van der Waals surface area contributed by atoms with Crippen molar-refractivity contribution < 1.29 is 4.74 Å². The highest BCUT2D eigenvalue weighted by atomic mass is 35.5. The Morgan fingerprint density at radius 3 is 2.41 bits per heavy atom. The van der Waals surface area contributed by atoms with E-state index in [9.17, 15) is 0 Å². The van der Waals surface area contributed by atoms with E-state index in [0.717, 1.165) is 11.3 Å². The van der Waals surface area contributed by atoms with E-state index in [1.165, 1.54) is 6.33 Å². The molecular weight excluding hydrogens is 383 g/mol. The van der Waals surface area contributed by atoms with Crippen molar-refractivity contribution in [2.75, 3.05) is 0 Å². The fourth-order valence-electron chi connectivity index (χ4n) is 2.84. The van der Waals surface area contributed by atoms with E-state index in [1.807, 2.05) is 66.9 Å². The lowest BCUT2D eigenvalue weighted by molar-refractivity contribution is 0.235. The Bertz CT molecular complexity index is 1110. The summed E-state index contributed by atoms with van der Waals surface area (Å²) in [5, 5.41) is 1.25. The summed E-state index contributed by atoms with van der Waals surface area (Å²) >= 11 is 12.5. The zero-order valence-corrected chi connectivity index (χ0v) is 16.2. The van der Waals surface area contributed by atoms with Crippen LogP contribution in [0.25, 0.3) is 28.2 Å². The lowest BCUT2D eigenvalue weighted by Crippen LogP contribution is -2.07. The second-order valence-corrected chi connectivity index (χ2v) is 7.09. The average molecular weight is 399 g/mol. The molecule has 2 heterocycles. The first kappa shape index (κ1) is 17.8. The normalized spacial score (nSPS) is 11.3. The molecule has 0 amide bonds. The molecule has 0 fully saturated rings. The lowest BCUT2D eigenvalue weighted by Gasteiger charge is -2.10. The number of halogens is 2. The molecule has 2 aromatic carbocycles. The first-order chi connectivity index (χ1) is 13.0.